The van der Waals surface area contributed by atoms with Crippen LogP contribution in [0.1, 0.15) is 13.8 Å². The molecule has 0 bridgehead atoms. The van der Waals surface area contributed by atoms with Crippen LogP contribution in [0.2, 0.25) is 0 Å². The van der Waals surface area contributed by atoms with Crippen LogP contribution in [0.4, 0.5) is 6.01 Å². The van der Waals surface area contributed by atoms with Crippen LogP contribution in [0.15, 0.2) is 65.1 Å². The summed E-state index contributed by atoms with van der Waals surface area (Å²) in [5, 5.41) is 0. The van der Waals surface area contributed by atoms with E-state index in [1.54, 1.807) is 0 Å². The molecule has 0 saturated carbocycles. The second-order valence-electron chi connectivity index (χ2n) is 5.08. The number of hydrogen-bond acceptors (Lipinski definition) is 3. The molecule has 4 heteroatoms. The van der Waals surface area contributed by atoms with E-state index in [1.807, 2.05) is 36.4 Å². The molecule has 2 aromatic carbocycles. The van der Waals surface area contributed by atoms with Crippen molar-refractivity contribution in [3.63, 3.8) is 0 Å². The van der Waals surface area contributed by atoms with E-state index in [-0.39, 0.29) is 12.4 Å². The van der Waals surface area contributed by atoms with E-state index < -0.39 is 0 Å². The third-order valence-electron chi connectivity index (χ3n) is 3.73. The van der Waals surface area contributed by atoms with Gasteiger partial charge in [-0.3, -0.25) is 0 Å². The summed E-state index contributed by atoms with van der Waals surface area (Å²) >= 11 is 0. The highest BCUT2D eigenvalue weighted by atomic mass is 35.5. The molecule has 0 fully saturated rings. The van der Waals surface area contributed by atoms with Gasteiger partial charge in [-0.2, -0.15) is 4.98 Å². The number of aromatic nitrogens is 1. The SMILES string of the molecule is CCN(CC)c1nc(-c2ccccc2)c(-c2ccccc2)o1.Cl. The number of oxazole rings is 1. The van der Waals surface area contributed by atoms with Gasteiger partial charge >= 0.3 is 0 Å². The Morgan fingerprint density at radius 1 is 0.826 bits per heavy atom. The molecule has 1 heterocycles. The van der Waals surface area contributed by atoms with Crippen LogP contribution in [0.25, 0.3) is 22.6 Å². The Morgan fingerprint density at radius 2 is 1.35 bits per heavy atom. The zero-order chi connectivity index (χ0) is 15.4. The molecule has 120 valence electrons. The van der Waals surface area contributed by atoms with Crippen molar-refractivity contribution in [1.29, 1.82) is 0 Å². The number of benzene rings is 2. The summed E-state index contributed by atoms with van der Waals surface area (Å²) in [4.78, 5) is 6.88. The number of hydrogen-bond donors (Lipinski definition) is 0. The molecular weight excluding hydrogens is 308 g/mol. The first-order chi connectivity index (χ1) is 10.8. The van der Waals surface area contributed by atoms with E-state index in [4.69, 9.17) is 9.40 Å². The van der Waals surface area contributed by atoms with Crippen molar-refractivity contribution in [3.05, 3.63) is 60.7 Å². The first-order valence-electron chi connectivity index (χ1n) is 7.70. The van der Waals surface area contributed by atoms with Gasteiger partial charge in [0.25, 0.3) is 6.01 Å². The minimum atomic E-state index is 0. The van der Waals surface area contributed by atoms with Crippen molar-refractivity contribution in [3.8, 4) is 22.6 Å². The van der Waals surface area contributed by atoms with Gasteiger partial charge in [0.05, 0.1) is 0 Å². The average Bonchev–Trinajstić information content (AvgIpc) is 3.03. The standard InChI is InChI=1S/C19H20N2O.ClH/c1-3-21(4-2)19-20-17(15-11-7-5-8-12-15)18(22-19)16-13-9-6-10-14-16;/h5-14H,3-4H2,1-2H3;1H. The first-order valence-corrected chi connectivity index (χ1v) is 7.70. The highest BCUT2D eigenvalue weighted by molar-refractivity contribution is 5.85. The number of halogens is 1. The lowest BCUT2D eigenvalue weighted by atomic mass is 10.1. The summed E-state index contributed by atoms with van der Waals surface area (Å²) < 4.78 is 6.11. The van der Waals surface area contributed by atoms with Crippen molar-refractivity contribution in [2.75, 3.05) is 18.0 Å². The van der Waals surface area contributed by atoms with Crippen LogP contribution in [-0.2, 0) is 0 Å². The Kier molecular flexibility index (Phi) is 5.83. The maximum Gasteiger partial charge on any atom is 0.298 e. The smallest absolute Gasteiger partial charge is 0.298 e. The molecule has 0 spiro atoms. The molecule has 0 atom stereocenters. The van der Waals surface area contributed by atoms with E-state index in [9.17, 15) is 0 Å². The second kappa shape index (κ2) is 7.84. The molecule has 0 unspecified atom stereocenters. The van der Waals surface area contributed by atoms with Gasteiger partial charge in [-0.15, -0.1) is 12.4 Å². The molecule has 0 aliphatic carbocycles. The fourth-order valence-electron chi connectivity index (χ4n) is 2.52. The van der Waals surface area contributed by atoms with Crippen LogP contribution in [0.5, 0.6) is 0 Å². The highest BCUT2D eigenvalue weighted by Gasteiger charge is 2.19. The van der Waals surface area contributed by atoms with Crippen LogP contribution in [0.3, 0.4) is 0 Å². The van der Waals surface area contributed by atoms with E-state index in [0.717, 1.165) is 35.7 Å². The fourth-order valence-corrected chi connectivity index (χ4v) is 2.52. The van der Waals surface area contributed by atoms with Gasteiger partial charge in [-0.05, 0) is 13.8 Å². The lowest BCUT2D eigenvalue weighted by Gasteiger charge is -2.14. The number of anilines is 1. The van der Waals surface area contributed by atoms with E-state index in [1.165, 1.54) is 0 Å². The lowest BCUT2D eigenvalue weighted by Crippen LogP contribution is -2.21. The summed E-state index contributed by atoms with van der Waals surface area (Å²) in [6.45, 7) is 5.97. The van der Waals surface area contributed by atoms with Crippen LogP contribution >= 0.6 is 12.4 Å². The van der Waals surface area contributed by atoms with Crippen molar-refractivity contribution >= 4 is 18.4 Å². The van der Waals surface area contributed by atoms with Crippen molar-refractivity contribution in [2.24, 2.45) is 0 Å². The number of nitrogens with zero attached hydrogens (tertiary/aromatic N) is 2. The summed E-state index contributed by atoms with van der Waals surface area (Å²) in [5.41, 5.74) is 3.02. The Balaban J connectivity index is 0.00000192. The molecule has 0 N–H and O–H groups in total. The Labute approximate surface area is 143 Å². The van der Waals surface area contributed by atoms with Crippen LogP contribution in [-0.4, -0.2) is 18.1 Å². The van der Waals surface area contributed by atoms with Gasteiger partial charge in [-0.25, -0.2) is 0 Å². The number of rotatable bonds is 5. The highest BCUT2D eigenvalue weighted by Crippen LogP contribution is 2.35. The van der Waals surface area contributed by atoms with Gasteiger partial charge < -0.3 is 9.32 Å². The van der Waals surface area contributed by atoms with Crippen molar-refractivity contribution < 1.29 is 4.42 Å². The Morgan fingerprint density at radius 3 is 1.87 bits per heavy atom. The van der Waals surface area contributed by atoms with Gasteiger partial charge in [0.15, 0.2) is 5.76 Å². The topological polar surface area (TPSA) is 29.3 Å². The van der Waals surface area contributed by atoms with E-state index in [0.29, 0.717) is 6.01 Å². The largest absolute Gasteiger partial charge is 0.423 e. The summed E-state index contributed by atoms with van der Waals surface area (Å²) in [5.74, 6) is 0.828. The zero-order valence-electron chi connectivity index (χ0n) is 13.4. The van der Waals surface area contributed by atoms with E-state index in [2.05, 4.69) is 43.0 Å². The average molecular weight is 329 g/mol. The molecule has 3 nitrogen and oxygen atoms in total. The molecule has 0 aliphatic heterocycles. The first kappa shape index (κ1) is 17.1. The monoisotopic (exact) mass is 328 g/mol. The van der Waals surface area contributed by atoms with Crippen LogP contribution < -0.4 is 4.90 Å². The molecular formula is C19H21ClN2O. The Hall–Kier alpha value is -2.26. The lowest BCUT2D eigenvalue weighted by molar-refractivity contribution is 0.552. The zero-order valence-corrected chi connectivity index (χ0v) is 14.2. The molecule has 0 aliphatic rings. The minimum Gasteiger partial charge on any atom is -0.423 e. The maximum absolute atomic E-state index is 6.11. The van der Waals surface area contributed by atoms with Gasteiger partial charge in [0, 0.05) is 24.2 Å². The molecule has 23 heavy (non-hydrogen) atoms. The minimum absolute atomic E-state index is 0. The van der Waals surface area contributed by atoms with Gasteiger partial charge in [0.1, 0.15) is 5.69 Å². The third-order valence-corrected chi connectivity index (χ3v) is 3.73. The van der Waals surface area contributed by atoms with E-state index >= 15 is 0 Å². The summed E-state index contributed by atoms with van der Waals surface area (Å²) in [6.07, 6.45) is 0. The predicted molar refractivity (Wildman–Crippen MR) is 98.2 cm³/mol. The summed E-state index contributed by atoms with van der Waals surface area (Å²) in [7, 11) is 0. The van der Waals surface area contributed by atoms with Crippen LogP contribution in [0, 0.1) is 0 Å². The maximum atomic E-state index is 6.11. The third kappa shape index (κ3) is 3.57. The van der Waals surface area contributed by atoms with Gasteiger partial charge in [-0.1, -0.05) is 60.7 Å². The predicted octanol–water partition coefficient (Wildman–Crippen LogP) is 5.28. The molecule has 3 aromatic rings. The quantitative estimate of drug-likeness (QED) is 0.638. The molecule has 1 aromatic heterocycles. The normalized spacial score (nSPS) is 10.2. The molecule has 0 radical (unpaired) electrons. The second-order valence-corrected chi connectivity index (χ2v) is 5.08. The van der Waals surface area contributed by atoms with Crippen molar-refractivity contribution in [2.45, 2.75) is 13.8 Å². The van der Waals surface area contributed by atoms with Crippen molar-refractivity contribution in [1.82, 2.24) is 4.98 Å². The molecule has 0 amide bonds. The van der Waals surface area contributed by atoms with Gasteiger partial charge in [0.2, 0.25) is 0 Å². The fraction of sp³-hybridized carbons (Fsp3) is 0.211. The molecule has 3 rings (SSSR count). The summed E-state index contributed by atoms with van der Waals surface area (Å²) in [6, 6.07) is 21.0. The molecule has 0 saturated heterocycles. The Bertz CT molecular complexity index is 665.